The molecule has 2 saturated heterocycles. The number of hydrogen-bond donors (Lipinski definition) is 2. The van der Waals surface area contributed by atoms with E-state index in [9.17, 15) is 9.59 Å². The van der Waals surface area contributed by atoms with Crippen LogP contribution in [0.5, 0.6) is 0 Å². The first-order valence-corrected chi connectivity index (χ1v) is 7.03. The van der Waals surface area contributed by atoms with E-state index in [-0.39, 0.29) is 31.3 Å². The van der Waals surface area contributed by atoms with Gasteiger partial charge in [0.15, 0.2) is 0 Å². The van der Waals surface area contributed by atoms with Crippen molar-refractivity contribution in [2.24, 2.45) is 5.92 Å². The van der Waals surface area contributed by atoms with E-state index in [4.69, 9.17) is 14.9 Å². The van der Waals surface area contributed by atoms with E-state index < -0.39 is 11.9 Å². The Kier molecular flexibility index (Phi) is 4.82. The number of morpholine rings is 1. The highest BCUT2D eigenvalue weighted by Gasteiger charge is 2.35. The van der Waals surface area contributed by atoms with Crippen LogP contribution in [0.1, 0.15) is 19.8 Å². The Labute approximate surface area is 118 Å². The Balaban J connectivity index is 2.00. The Morgan fingerprint density at radius 2 is 2.10 bits per heavy atom. The number of urea groups is 1. The lowest BCUT2D eigenvalue weighted by atomic mass is 9.98. The minimum absolute atomic E-state index is 0.0597. The smallest absolute Gasteiger partial charge is 0.320 e. The van der Waals surface area contributed by atoms with Gasteiger partial charge in [0.1, 0.15) is 0 Å². The zero-order chi connectivity index (χ0) is 14.7. The van der Waals surface area contributed by atoms with Gasteiger partial charge in [0.25, 0.3) is 0 Å². The maximum absolute atomic E-state index is 12.5. The highest BCUT2D eigenvalue weighted by molar-refractivity contribution is 5.77. The third-order valence-corrected chi connectivity index (χ3v) is 4.00. The van der Waals surface area contributed by atoms with Crippen molar-refractivity contribution in [2.75, 3.05) is 32.8 Å². The van der Waals surface area contributed by atoms with Crippen LogP contribution in [0, 0.1) is 5.92 Å². The molecule has 0 bridgehead atoms. The molecule has 7 heteroatoms. The summed E-state index contributed by atoms with van der Waals surface area (Å²) >= 11 is 0. The molecule has 0 radical (unpaired) electrons. The van der Waals surface area contributed by atoms with Gasteiger partial charge < -0.3 is 24.7 Å². The summed E-state index contributed by atoms with van der Waals surface area (Å²) in [6, 6.07) is -0.208. The summed E-state index contributed by atoms with van der Waals surface area (Å²) in [6.45, 7) is 3.38. The lowest BCUT2D eigenvalue weighted by Crippen LogP contribution is -2.57. The summed E-state index contributed by atoms with van der Waals surface area (Å²) in [5.41, 5.74) is 0. The van der Waals surface area contributed by atoms with Crippen LogP contribution >= 0.6 is 0 Å². The fraction of sp³-hybridized carbons (Fsp3) is 0.846. The summed E-state index contributed by atoms with van der Waals surface area (Å²) in [5, 5.41) is 18.2. The first kappa shape index (κ1) is 15.1. The summed E-state index contributed by atoms with van der Waals surface area (Å²) < 4.78 is 5.41. The lowest BCUT2D eigenvalue weighted by molar-refractivity contribution is -0.143. The second-order valence-electron chi connectivity index (χ2n) is 5.55. The van der Waals surface area contributed by atoms with Gasteiger partial charge in [0.2, 0.25) is 0 Å². The average molecular weight is 286 g/mol. The SMILES string of the molecule is CC1COC(CO)CN1C(=O)N1CCC[C@H](C(=O)O)C1. The van der Waals surface area contributed by atoms with E-state index in [0.717, 1.165) is 0 Å². The molecular weight excluding hydrogens is 264 g/mol. The number of nitrogens with zero attached hydrogens (tertiary/aromatic N) is 2. The van der Waals surface area contributed by atoms with Gasteiger partial charge in [0.05, 0.1) is 37.8 Å². The molecule has 0 aromatic rings. The Bertz CT molecular complexity index is 376. The van der Waals surface area contributed by atoms with Crippen molar-refractivity contribution in [1.29, 1.82) is 0 Å². The minimum atomic E-state index is -0.842. The van der Waals surface area contributed by atoms with Crippen molar-refractivity contribution >= 4 is 12.0 Å². The quantitative estimate of drug-likeness (QED) is 0.745. The van der Waals surface area contributed by atoms with Crippen molar-refractivity contribution in [3.8, 4) is 0 Å². The molecule has 2 aliphatic rings. The van der Waals surface area contributed by atoms with Gasteiger partial charge in [-0.2, -0.15) is 0 Å². The van der Waals surface area contributed by atoms with E-state index in [2.05, 4.69) is 0 Å². The highest BCUT2D eigenvalue weighted by atomic mass is 16.5. The molecule has 20 heavy (non-hydrogen) atoms. The van der Waals surface area contributed by atoms with Crippen molar-refractivity contribution < 1.29 is 24.5 Å². The van der Waals surface area contributed by atoms with Crippen LogP contribution in [0.2, 0.25) is 0 Å². The number of hydrogen-bond acceptors (Lipinski definition) is 4. The third kappa shape index (κ3) is 3.21. The second kappa shape index (κ2) is 6.41. The van der Waals surface area contributed by atoms with Crippen molar-refractivity contribution in [3.05, 3.63) is 0 Å². The highest BCUT2D eigenvalue weighted by Crippen LogP contribution is 2.20. The molecule has 0 aliphatic carbocycles. The molecule has 114 valence electrons. The molecule has 2 unspecified atom stereocenters. The number of amides is 2. The number of carboxylic acid groups (broad SMARTS) is 1. The fourth-order valence-electron chi connectivity index (χ4n) is 2.73. The van der Waals surface area contributed by atoms with Crippen LogP contribution in [-0.2, 0) is 9.53 Å². The van der Waals surface area contributed by atoms with E-state index in [1.807, 2.05) is 6.92 Å². The average Bonchev–Trinajstić information content (AvgIpc) is 2.47. The van der Waals surface area contributed by atoms with Crippen LogP contribution in [0.4, 0.5) is 4.79 Å². The topological polar surface area (TPSA) is 90.3 Å². The van der Waals surface area contributed by atoms with Crippen LogP contribution in [-0.4, -0.2) is 77.0 Å². The standard InChI is InChI=1S/C13H22N2O5/c1-9-8-20-11(7-16)6-15(9)13(19)14-4-2-3-10(5-14)12(17)18/h9-11,16H,2-8H2,1H3,(H,17,18)/t9?,10-,11?/m0/s1. The van der Waals surface area contributed by atoms with Crippen LogP contribution in [0.3, 0.4) is 0 Å². The van der Waals surface area contributed by atoms with Gasteiger partial charge in [-0.25, -0.2) is 4.79 Å². The number of carbonyl (C=O) groups is 2. The molecular formula is C13H22N2O5. The first-order chi connectivity index (χ1) is 9.52. The van der Waals surface area contributed by atoms with Crippen molar-refractivity contribution in [1.82, 2.24) is 9.80 Å². The van der Waals surface area contributed by atoms with Gasteiger partial charge in [0, 0.05) is 13.1 Å². The normalized spacial score (nSPS) is 31.2. The molecule has 0 saturated carbocycles. The molecule has 3 atom stereocenters. The van der Waals surface area contributed by atoms with E-state index >= 15 is 0 Å². The molecule has 2 N–H and O–H groups in total. The summed E-state index contributed by atoms with van der Waals surface area (Å²) in [6.07, 6.45) is 0.984. The van der Waals surface area contributed by atoms with Crippen LogP contribution in [0.25, 0.3) is 0 Å². The predicted molar refractivity (Wildman–Crippen MR) is 70.3 cm³/mol. The Morgan fingerprint density at radius 1 is 1.35 bits per heavy atom. The lowest BCUT2D eigenvalue weighted by Gasteiger charge is -2.41. The summed E-state index contributed by atoms with van der Waals surface area (Å²) in [5.74, 6) is -1.32. The maximum atomic E-state index is 12.5. The Hall–Kier alpha value is -1.34. The molecule has 2 heterocycles. The number of aliphatic hydroxyl groups is 1. The zero-order valence-corrected chi connectivity index (χ0v) is 11.7. The zero-order valence-electron chi connectivity index (χ0n) is 11.7. The van der Waals surface area contributed by atoms with Gasteiger partial charge in [-0.15, -0.1) is 0 Å². The summed E-state index contributed by atoms with van der Waals surface area (Å²) in [7, 11) is 0. The van der Waals surface area contributed by atoms with E-state index in [1.54, 1.807) is 9.80 Å². The number of carboxylic acids is 1. The largest absolute Gasteiger partial charge is 0.481 e. The molecule has 0 aromatic carbocycles. The van der Waals surface area contributed by atoms with E-state index in [0.29, 0.717) is 32.5 Å². The monoisotopic (exact) mass is 286 g/mol. The fourth-order valence-corrected chi connectivity index (χ4v) is 2.73. The number of piperidine rings is 1. The van der Waals surface area contributed by atoms with Crippen LogP contribution in [0.15, 0.2) is 0 Å². The van der Waals surface area contributed by atoms with Gasteiger partial charge in [-0.1, -0.05) is 0 Å². The Morgan fingerprint density at radius 3 is 2.75 bits per heavy atom. The van der Waals surface area contributed by atoms with Gasteiger partial charge >= 0.3 is 12.0 Å². The maximum Gasteiger partial charge on any atom is 0.320 e. The third-order valence-electron chi connectivity index (χ3n) is 4.00. The van der Waals surface area contributed by atoms with Crippen molar-refractivity contribution in [3.63, 3.8) is 0 Å². The molecule has 2 aliphatic heterocycles. The van der Waals surface area contributed by atoms with Crippen LogP contribution < -0.4 is 0 Å². The summed E-state index contributed by atoms with van der Waals surface area (Å²) in [4.78, 5) is 26.9. The number of aliphatic hydroxyl groups excluding tert-OH is 1. The van der Waals surface area contributed by atoms with Gasteiger partial charge in [-0.05, 0) is 19.8 Å². The number of likely N-dealkylation sites (tertiary alicyclic amines) is 1. The molecule has 2 rings (SSSR count). The number of aliphatic carboxylic acids is 1. The predicted octanol–water partition coefficient (Wildman–Crippen LogP) is -0.0154. The molecule has 0 aromatic heterocycles. The number of carbonyl (C=O) groups excluding carboxylic acids is 1. The number of ether oxygens (including phenoxy) is 1. The second-order valence-corrected chi connectivity index (χ2v) is 5.55. The number of rotatable bonds is 2. The van der Waals surface area contributed by atoms with Gasteiger partial charge in [-0.3, -0.25) is 4.79 Å². The molecule has 0 spiro atoms. The minimum Gasteiger partial charge on any atom is -0.481 e. The first-order valence-electron chi connectivity index (χ1n) is 7.03. The van der Waals surface area contributed by atoms with E-state index in [1.165, 1.54) is 0 Å². The molecule has 2 amide bonds. The van der Waals surface area contributed by atoms with Crippen molar-refractivity contribution in [2.45, 2.75) is 31.9 Å². The molecule has 7 nitrogen and oxygen atoms in total. The molecule has 2 fully saturated rings.